The molecule has 4 nitrogen and oxygen atoms in total. The second-order valence-corrected chi connectivity index (χ2v) is 6.47. The van der Waals surface area contributed by atoms with Gasteiger partial charge in [-0.1, -0.05) is 18.2 Å². The average molecular weight is 326 g/mol. The van der Waals surface area contributed by atoms with Crippen LogP contribution < -0.4 is 10.9 Å². The molecule has 2 heterocycles. The highest BCUT2D eigenvalue weighted by molar-refractivity contribution is 7.07. The van der Waals surface area contributed by atoms with Gasteiger partial charge in [-0.25, -0.2) is 0 Å². The number of fused-ring (bicyclic) bond motifs is 1. The SMILES string of the molecule is CC(Cc1ccsc1)NC(=O)c1cc2ccccc2n(C)c1=O. The molecule has 1 N–H and O–H groups in total. The van der Waals surface area contributed by atoms with E-state index in [4.69, 9.17) is 0 Å². The number of thiophene rings is 1. The van der Waals surface area contributed by atoms with Crippen molar-refractivity contribution < 1.29 is 4.79 Å². The average Bonchev–Trinajstić information content (AvgIpc) is 3.03. The van der Waals surface area contributed by atoms with Crippen LogP contribution in [0.15, 0.2) is 52.0 Å². The Bertz CT molecular complexity index is 897. The van der Waals surface area contributed by atoms with E-state index in [1.54, 1.807) is 24.5 Å². The van der Waals surface area contributed by atoms with Crippen LogP contribution in [0.1, 0.15) is 22.8 Å². The summed E-state index contributed by atoms with van der Waals surface area (Å²) in [6.07, 6.45) is 0.753. The van der Waals surface area contributed by atoms with Crippen LogP contribution in [0.4, 0.5) is 0 Å². The molecule has 118 valence electrons. The number of para-hydroxylation sites is 1. The lowest BCUT2D eigenvalue weighted by Gasteiger charge is -2.14. The summed E-state index contributed by atoms with van der Waals surface area (Å²) in [5, 5.41) is 7.88. The Morgan fingerprint density at radius 3 is 2.83 bits per heavy atom. The fourth-order valence-corrected chi connectivity index (χ4v) is 3.38. The first-order chi connectivity index (χ1) is 11.1. The molecule has 3 aromatic rings. The third kappa shape index (κ3) is 3.19. The summed E-state index contributed by atoms with van der Waals surface area (Å²) in [6.45, 7) is 1.95. The zero-order valence-electron chi connectivity index (χ0n) is 13.1. The second kappa shape index (κ2) is 6.38. The highest BCUT2D eigenvalue weighted by atomic mass is 32.1. The van der Waals surface area contributed by atoms with Crippen molar-refractivity contribution in [2.24, 2.45) is 7.05 Å². The molecule has 0 fully saturated rings. The molecule has 0 saturated heterocycles. The minimum atomic E-state index is -0.320. The molecular weight excluding hydrogens is 308 g/mol. The predicted octanol–water partition coefficient (Wildman–Crippen LogP) is 2.96. The molecule has 0 spiro atoms. The van der Waals surface area contributed by atoms with Gasteiger partial charge in [-0.05, 0) is 53.3 Å². The lowest BCUT2D eigenvalue weighted by molar-refractivity contribution is 0.0938. The molecule has 1 unspecified atom stereocenters. The van der Waals surface area contributed by atoms with E-state index in [2.05, 4.69) is 10.7 Å². The number of aromatic nitrogens is 1. The third-order valence-corrected chi connectivity index (χ3v) is 4.61. The number of hydrogen-bond donors (Lipinski definition) is 1. The third-order valence-electron chi connectivity index (χ3n) is 3.88. The number of rotatable bonds is 4. The summed E-state index contributed by atoms with van der Waals surface area (Å²) >= 11 is 1.64. The van der Waals surface area contributed by atoms with Crippen LogP contribution >= 0.6 is 11.3 Å². The van der Waals surface area contributed by atoms with Gasteiger partial charge in [-0.15, -0.1) is 0 Å². The first-order valence-corrected chi connectivity index (χ1v) is 8.41. The summed E-state index contributed by atoms with van der Waals surface area (Å²) < 4.78 is 1.52. The van der Waals surface area contributed by atoms with Crippen molar-refractivity contribution in [2.75, 3.05) is 0 Å². The number of carbonyl (C=O) groups excluding carboxylic acids is 1. The fraction of sp³-hybridized carbons (Fsp3) is 0.222. The molecule has 3 rings (SSSR count). The van der Waals surface area contributed by atoms with Crippen LogP contribution in [-0.2, 0) is 13.5 Å². The van der Waals surface area contributed by atoms with Crippen molar-refractivity contribution in [2.45, 2.75) is 19.4 Å². The summed E-state index contributed by atoms with van der Waals surface area (Å²) in [5.74, 6) is -0.320. The van der Waals surface area contributed by atoms with Gasteiger partial charge >= 0.3 is 0 Å². The van der Waals surface area contributed by atoms with Crippen molar-refractivity contribution >= 4 is 28.1 Å². The van der Waals surface area contributed by atoms with E-state index in [9.17, 15) is 9.59 Å². The molecule has 5 heteroatoms. The molecule has 0 aliphatic heterocycles. The normalized spacial score (nSPS) is 12.3. The minimum Gasteiger partial charge on any atom is -0.349 e. The Labute approximate surface area is 138 Å². The smallest absolute Gasteiger partial charge is 0.263 e. The van der Waals surface area contributed by atoms with Gasteiger partial charge in [0.15, 0.2) is 0 Å². The van der Waals surface area contributed by atoms with Gasteiger partial charge in [0, 0.05) is 13.1 Å². The molecule has 0 radical (unpaired) electrons. The molecule has 0 saturated carbocycles. The zero-order valence-corrected chi connectivity index (χ0v) is 13.9. The number of benzene rings is 1. The van der Waals surface area contributed by atoms with E-state index in [1.807, 2.05) is 42.6 Å². The monoisotopic (exact) mass is 326 g/mol. The Morgan fingerprint density at radius 1 is 1.30 bits per heavy atom. The maximum absolute atomic E-state index is 12.5. The van der Waals surface area contributed by atoms with Crippen LogP contribution in [0.3, 0.4) is 0 Å². The summed E-state index contributed by atoms with van der Waals surface area (Å²) in [7, 11) is 1.69. The number of amides is 1. The van der Waals surface area contributed by atoms with Crippen LogP contribution in [0.2, 0.25) is 0 Å². The molecule has 1 atom stereocenters. The molecule has 0 aliphatic carbocycles. The lowest BCUT2D eigenvalue weighted by atomic mass is 10.1. The Balaban J connectivity index is 1.86. The van der Waals surface area contributed by atoms with E-state index >= 15 is 0 Å². The highest BCUT2D eigenvalue weighted by Crippen LogP contribution is 2.13. The van der Waals surface area contributed by atoms with Gasteiger partial charge in [0.2, 0.25) is 0 Å². The molecule has 0 aliphatic rings. The number of pyridine rings is 1. The van der Waals surface area contributed by atoms with E-state index in [1.165, 1.54) is 10.1 Å². The summed E-state index contributed by atoms with van der Waals surface area (Å²) in [5.41, 5.74) is 1.92. The lowest BCUT2D eigenvalue weighted by Crippen LogP contribution is -2.38. The van der Waals surface area contributed by atoms with Crippen molar-refractivity contribution in [1.82, 2.24) is 9.88 Å². The van der Waals surface area contributed by atoms with E-state index in [0.717, 1.165) is 17.3 Å². The Kier molecular flexibility index (Phi) is 4.30. The van der Waals surface area contributed by atoms with Crippen LogP contribution in [0.25, 0.3) is 10.9 Å². The summed E-state index contributed by atoms with van der Waals surface area (Å²) in [4.78, 5) is 24.9. The predicted molar refractivity (Wildman–Crippen MR) is 94.1 cm³/mol. The quantitative estimate of drug-likeness (QED) is 0.801. The number of nitrogens with one attached hydrogen (secondary N) is 1. The molecule has 1 amide bonds. The number of aryl methyl sites for hydroxylation is 1. The van der Waals surface area contributed by atoms with Gasteiger partial charge < -0.3 is 9.88 Å². The van der Waals surface area contributed by atoms with Crippen molar-refractivity contribution in [3.63, 3.8) is 0 Å². The van der Waals surface area contributed by atoms with E-state index in [-0.39, 0.29) is 23.1 Å². The summed E-state index contributed by atoms with van der Waals surface area (Å²) in [6, 6.07) is 11.2. The molecule has 2 aromatic heterocycles. The van der Waals surface area contributed by atoms with Gasteiger partial charge in [-0.2, -0.15) is 11.3 Å². The number of carbonyl (C=O) groups is 1. The van der Waals surface area contributed by atoms with Crippen molar-refractivity contribution in [1.29, 1.82) is 0 Å². The van der Waals surface area contributed by atoms with Gasteiger partial charge in [0.05, 0.1) is 5.52 Å². The maximum Gasteiger partial charge on any atom is 0.263 e. The zero-order chi connectivity index (χ0) is 16.4. The fourth-order valence-electron chi connectivity index (χ4n) is 2.70. The van der Waals surface area contributed by atoms with Crippen LogP contribution in [-0.4, -0.2) is 16.5 Å². The first kappa shape index (κ1) is 15.5. The Hall–Kier alpha value is -2.40. The Morgan fingerprint density at radius 2 is 2.09 bits per heavy atom. The highest BCUT2D eigenvalue weighted by Gasteiger charge is 2.16. The second-order valence-electron chi connectivity index (χ2n) is 5.69. The minimum absolute atomic E-state index is 0.0340. The van der Waals surface area contributed by atoms with Gasteiger partial charge in [-0.3, -0.25) is 9.59 Å². The molecule has 0 bridgehead atoms. The molecular formula is C18H18N2O2S. The number of hydrogen-bond acceptors (Lipinski definition) is 3. The van der Waals surface area contributed by atoms with E-state index < -0.39 is 0 Å². The van der Waals surface area contributed by atoms with Crippen molar-refractivity contribution in [3.8, 4) is 0 Å². The van der Waals surface area contributed by atoms with Gasteiger partial charge in [0.1, 0.15) is 5.56 Å². The van der Waals surface area contributed by atoms with Crippen LogP contribution in [0.5, 0.6) is 0 Å². The largest absolute Gasteiger partial charge is 0.349 e. The first-order valence-electron chi connectivity index (χ1n) is 7.47. The topological polar surface area (TPSA) is 51.1 Å². The van der Waals surface area contributed by atoms with Crippen molar-refractivity contribution in [3.05, 3.63) is 68.6 Å². The van der Waals surface area contributed by atoms with Gasteiger partial charge in [0.25, 0.3) is 11.5 Å². The van der Waals surface area contributed by atoms with E-state index in [0.29, 0.717) is 0 Å². The number of nitrogens with zero attached hydrogens (tertiary/aromatic N) is 1. The maximum atomic E-state index is 12.5. The van der Waals surface area contributed by atoms with Crippen LogP contribution in [0, 0.1) is 0 Å². The molecule has 23 heavy (non-hydrogen) atoms. The molecule has 1 aromatic carbocycles. The standard InChI is InChI=1S/C18H18N2O2S/c1-12(9-13-7-8-23-11-13)19-17(21)15-10-14-5-3-4-6-16(14)20(2)18(15)22/h3-8,10-12H,9H2,1-2H3,(H,19,21).